The third kappa shape index (κ3) is 9.98. The van der Waals surface area contributed by atoms with Gasteiger partial charge in [-0.15, -0.1) is 0 Å². The highest BCUT2D eigenvalue weighted by atomic mass is 16.1. The average molecular weight is 629 g/mol. The maximum Gasteiger partial charge on any atom is 0.163 e. The minimum atomic E-state index is -0.0988. The molecule has 0 saturated heterocycles. The lowest BCUT2D eigenvalue weighted by Gasteiger charge is -2.33. The summed E-state index contributed by atoms with van der Waals surface area (Å²) in [5.74, 6) is 2.62. The van der Waals surface area contributed by atoms with Gasteiger partial charge in [0.25, 0.3) is 0 Å². The van der Waals surface area contributed by atoms with Crippen LogP contribution in [0.1, 0.15) is 165 Å². The summed E-state index contributed by atoms with van der Waals surface area (Å²) in [6, 6.07) is 11.5. The SMILES string of the molecule is CCC.CCCC(CC1CC(=O)c2c(C)c(-c3cccc(CC4CCC(C)CC4)c3)cc(C(C)C)c2C1)C(CC)C(=O)CC(C)=O. The average Bonchev–Trinajstić information content (AvgIpc) is 2.99. The Labute approximate surface area is 281 Å². The molecule has 254 valence electrons. The number of benzene rings is 2. The van der Waals surface area contributed by atoms with E-state index in [1.165, 1.54) is 66.8 Å². The van der Waals surface area contributed by atoms with Crippen LogP contribution in [0.25, 0.3) is 11.1 Å². The lowest BCUT2D eigenvalue weighted by molar-refractivity contribution is -0.129. The first-order chi connectivity index (χ1) is 21.9. The van der Waals surface area contributed by atoms with Crippen molar-refractivity contribution in [3.63, 3.8) is 0 Å². The maximum atomic E-state index is 14.0. The zero-order valence-corrected chi connectivity index (χ0v) is 30.8. The van der Waals surface area contributed by atoms with E-state index in [0.717, 1.165) is 61.5 Å². The molecule has 0 radical (unpaired) electrons. The Morgan fingerprint density at radius 1 is 0.935 bits per heavy atom. The molecule has 2 aliphatic rings. The van der Waals surface area contributed by atoms with Gasteiger partial charge in [-0.05, 0) is 115 Å². The van der Waals surface area contributed by atoms with Crippen LogP contribution in [0.2, 0.25) is 0 Å². The van der Waals surface area contributed by atoms with Crippen molar-refractivity contribution in [1.29, 1.82) is 0 Å². The van der Waals surface area contributed by atoms with Crippen LogP contribution in [0.15, 0.2) is 30.3 Å². The van der Waals surface area contributed by atoms with Crippen LogP contribution in [0.3, 0.4) is 0 Å². The molecule has 3 atom stereocenters. The Morgan fingerprint density at radius 3 is 2.20 bits per heavy atom. The molecule has 46 heavy (non-hydrogen) atoms. The van der Waals surface area contributed by atoms with Gasteiger partial charge >= 0.3 is 0 Å². The maximum absolute atomic E-state index is 14.0. The molecule has 1 saturated carbocycles. The van der Waals surface area contributed by atoms with Crippen molar-refractivity contribution in [2.45, 2.75) is 152 Å². The number of Topliss-reactive ketones (excluding diaryl/α,β-unsaturated/α-hetero) is 3. The molecule has 2 aliphatic carbocycles. The molecule has 0 aliphatic heterocycles. The van der Waals surface area contributed by atoms with Crippen LogP contribution < -0.4 is 0 Å². The number of hydrogen-bond donors (Lipinski definition) is 0. The normalized spacial score (nSPS) is 20.8. The van der Waals surface area contributed by atoms with E-state index >= 15 is 0 Å². The largest absolute Gasteiger partial charge is 0.300 e. The molecule has 3 heteroatoms. The first kappa shape index (κ1) is 37.9. The zero-order valence-electron chi connectivity index (χ0n) is 30.8. The van der Waals surface area contributed by atoms with Gasteiger partial charge in [-0.25, -0.2) is 0 Å². The molecule has 2 aromatic rings. The second-order valence-electron chi connectivity index (χ2n) is 15.2. The standard InChI is InChI=1S/C40H56O3.C3H8/c1-8-11-32(34(9-2)38(42)18-27(6)41)21-31-22-37-35(25(3)4)24-36(28(7)40(37)39(43)23-31)33-13-10-12-30(20-33)19-29-16-14-26(5)15-17-29;1-3-2/h10,12-13,20,24-26,29,31-32,34H,8-9,11,14-19,21-23H2,1-7H3;3H2,1-2H3. The van der Waals surface area contributed by atoms with E-state index in [1.807, 2.05) is 0 Å². The van der Waals surface area contributed by atoms with Crippen LogP contribution >= 0.6 is 0 Å². The van der Waals surface area contributed by atoms with Gasteiger partial charge in [-0.2, -0.15) is 0 Å². The monoisotopic (exact) mass is 628 g/mol. The van der Waals surface area contributed by atoms with Crippen LogP contribution in [0.5, 0.6) is 0 Å². The first-order valence-corrected chi connectivity index (χ1v) is 18.7. The van der Waals surface area contributed by atoms with E-state index in [4.69, 9.17) is 0 Å². The number of hydrogen-bond acceptors (Lipinski definition) is 3. The summed E-state index contributed by atoms with van der Waals surface area (Å²) in [5.41, 5.74) is 8.47. The van der Waals surface area contributed by atoms with Crippen LogP contribution in [0.4, 0.5) is 0 Å². The number of rotatable bonds is 13. The van der Waals surface area contributed by atoms with Crippen LogP contribution in [-0.4, -0.2) is 17.3 Å². The third-order valence-electron chi connectivity index (χ3n) is 10.6. The molecule has 3 unspecified atom stereocenters. The lowest BCUT2D eigenvalue weighted by Crippen LogP contribution is -2.30. The molecule has 0 amide bonds. The van der Waals surface area contributed by atoms with Crippen molar-refractivity contribution in [3.05, 3.63) is 58.1 Å². The quantitative estimate of drug-likeness (QED) is 0.207. The van der Waals surface area contributed by atoms with Gasteiger partial charge in [0.2, 0.25) is 0 Å². The van der Waals surface area contributed by atoms with E-state index in [0.29, 0.717) is 12.3 Å². The van der Waals surface area contributed by atoms with E-state index in [2.05, 4.69) is 85.7 Å². The molecular weight excluding hydrogens is 564 g/mol. The van der Waals surface area contributed by atoms with E-state index < -0.39 is 0 Å². The summed E-state index contributed by atoms with van der Waals surface area (Å²) >= 11 is 0. The predicted molar refractivity (Wildman–Crippen MR) is 195 cm³/mol. The Morgan fingerprint density at radius 2 is 1.61 bits per heavy atom. The summed E-state index contributed by atoms with van der Waals surface area (Å²) < 4.78 is 0. The van der Waals surface area contributed by atoms with Crippen molar-refractivity contribution in [1.82, 2.24) is 0 Å². The second kappa shape index (κ2) is 18.1. The fourth-order valence-corrected chi connectivity index (χ4v) is 8.38. The molecule has 4 rings (SSSR count). The fourth-order valence-electron chi connectivity index (χ4n) is 8.38. The Bertz CT molecular complexity index is 1310. The van der Waals surface area contributed by atoms with Crippen molar-refractivity contribution in [3.8, 4) is 11.1 Å². The fraction of sp³-hybridized carbons (Fsp3) is 0.651. The van der Waals surface area contributed by atoms with Gasteiger partial charge in [-0.1, -0.05) is 111 Å². The van der Waals surface area contributed by atoms with Gasteiger partial charge in [0.05, 0.1) is 6.42 Å². The second-order valence-corrected chi connectivity index (χ2v) is 15.2. The molecule has 0 spiro atoms. The van der Waals surface area contributed by atoms with Crippen LogP contribution in [-0.2, 0) is 22.4 Å². The summed E-state index contributed by atoms with van der Waals surface area (Å²) in [4.78, 5) is 38.7. The van der Waals surface area contributed by atoms with Crippen molar-refractivity contribution in [2.75, 3.05) is 0 Å². The molecule has 1 fully saturated rings. The predicted octanol–water partition coefficient (Wildman–Crippen LogP) is 11.7. The van der Waals surface area contributed by atoms with Gasteiger partial charge in [0, 0.05) is 17.9 Å². The number of carbonyl (C=O) groups excluding carboxylic acids is 3. The molecule has 0 aromatic heterocycles. The Balaban J connectivity index is 0.00000185. The minimum absolute atomic E-state index is 0.0334. The molecule has 0 heterocycles. The highest BCUT2D eigenvalue weighted by Gasteiger charge is 2.35. The highest BCUT2D eigenvalue weighted by Crippen LogP contribution is 2.42. The molecule has 0 N–H and O–H groups in total. The van der Waals surface area contributed by atoms with E-state index in [9.17, 15) is 14.4 Å². The zero-order chi connectivity index (χ0) is 34.0. The van der Waals surface area contributed by atoms with Crippen molar-refractivity contribution < 1.29 is 14.4 Å². The molecule has 2 aromatic carbocycles. The van der Waals surface area contributed by atoms with Gasteiger partial charge in [0.15, 0.2) is 5.78 Å². The summed E-state index contributed by atoms with van der Waals surface area (Å²) in [7, 11) is 0. The first-order valence-electron chi connectivity index (χ1n) is 18.7. The van der Waals surface area contributed by atoms with Gasteiger partial charge in [0.1, 0.15) is 11.6 Å². The topological polar surface area (TPSA) is 51.2 Å². The minimum Gasteiger partial charge on any atom is -0.300 e. The molecular formula is C43H64O3. The van der Waals surface area contributed by atoms with Crippen molar-refractivity contribution >= 4 is 17.3 Å². The third-order valence-corrected chi connectivity index (χ3v) is 10.6. The molecule has 0 bridgehead atoms. The van der Waals surface area contributed by atoms with E-state index in [1.54, 1.807) is 0 Å². The summed E-state index contributed by atoms with van der Waals surface area (Å²) in [5, 5.41) is 0. The molecule has 3 nitrogen and oxygen atoms in total. The number of ketones is 3. The van der Waals surface area contributed by atoms with Gasteiger partial charge in [-0.3, -0.25) is 14.4 Å². The Kier molecular flexibility index (Phi) is 14.9. The Hall–Kier alpha value is -2.55. The lowest BCUT2D eigenvalue weighted by atomic mass is 9.70. The summed E-state index contributed by atoms with van der Waals surface area (Å²) in [6.45, 7) is 19.0. The smallest absolute Gasteiger partial charge is 0.163 e. The van der Waals surface area contributed by atoms with Crippen molar-refractivity contribution in [2.24, 2.45) is 29.6 Å². The summed E-state index contributed by atoms with van der Waals surface area (Å²) in [6.07, 6.45) is 12.8. The number of fused-ring (bicyclic) bond motifs is 1. The van der Waals surface area contributed by atoms with Gasteiger partial charge < -0.3 is 0 Å². The number of carbonyl (C=O) groups is 3. The highest BCUT2D eigenvalue weighted by molar-refractivity contribution is 6.02. The van der Waals surface area contributed by atoms with Crippen LogP contribution in [0, 0.1) is 36.5 Å². The van der Waals surface area contributed by atoms with E-state index in [-0.39, 0.29) is 41.5 Å².